The van der Waals surface area contributed by atoms with E-state index in [4.69, 9.17) is 5.11 Å². The molecule has 1 aromatic rings. The van der Waals surface area contributed by atoms with Crippen LogP contribution in [-0.2, 0) is 21.7 Å². The Morgan fingerprint density at radius 3 is 2.59 bits per heavy atom. The van der Waals surface area contributed by atoms with E-state index in [1.807, 2.05) is 0 Å². The fraction of sp³-hybridized carbons (Fsp3) is 0.615. The van der Waals surface area contributed by atoms with Gasteiger partial charge in [0.2, 0.25) is 5.91 Å². The third kappa shape index (κ3) is 2.29. The number of carbonyl (C=O) groups is 2. The molecule has 1 aliphatic carbocycles. The molecule has 0 bridgehead atoms. The zero-order valence-electron chi connectivity index (χ0n) is 12.3. The number of aryl methyl sites for hydroxylation is 1. The highest BCUT2D eigenvalue weighted by Crippen LogP contribution is 2.57. The second kappa shape index (κ2) is 4.55. The molecule has 0 aromatic carbocycles. The molecule has 3 rings (SSSR count). The maximum atomic E-state index is 12.5. The van der Waals surface area contributed by atoms with Crippen LogP contribution >= 0.6 is 0 Å². The van der Waals surface area contributed by atoms with Crippen molar-refractivity contribution in [3.05, 3.63) is 11.4 Å². The molecule has 1 saturated heterocycles. The molecule has 2 aliphatic rings. The molecule has 22 heavy (non-hydrogen) atoms. The summed E-state index contributed by atoms with van der Waals surface area (Å²) >= 11 is 0. The fourth-order valence-electron chi connectivity index (χ4n) is 3.15. The topological polar surface area (TPSA) is 118 Å². The van der Waals surface area contributed by atoms with Gasteiger partial charge in [-0.25, -0.2) is 13.2 Å². The number of aromatic nitrogens is 2. The number of hydrogen-bond acceptors (Lipinski definition) is 5. The van der Waals surface area contributed by atoms with Crippen LogP contribution in [0.3, 0.4) is 0 Å². The van der Waals surface area contributed by atoms with Crippen molar-refractivity contribution in [1.82, 2.24) is 9.78 Å². The molecule has 1 amide bonds. The molecular formula is C13H17N3O5S. The molecule has 120 valence electrons. The normalized spacial score (nSPS) is 24.4. The van der Waals surface area contributed by atoms with Crippen LogP contribution in [0.4, 0.5) is 5.69 Å². The van der Waals surface area contributed by atoms with Crippen LogP contribution in [0, 0.1) is 18.3 Å². The van der Waals surface area contributed by atoms with Gasteiger partial charge in [0, 0.05) is 7.05 Å². The standard InChI is InChI=1S/C13H17N3O5S/c1-7-9(10(12(18)19)15-16(7)2)14-11(17)8-5-22(20,21)6-13(8)3-4-13/h8H,3-6H2,1-2H3,(H,14,17)(H,18,19). The Labute approximate surface area is 127 Å². The SMILES string of the molecule is Cc1c(NC(=O)C2CS(=O)(=O)CC23CC3)c(C(=O)O)nn1C. The van der Waals surface area contributed by atoms with Crippen molar-refractivity contribution in [2.45, 2.75) is 19.8 Å². The Kier molecular flexibility index (Phi) is 3.10. The van der Waals surface area contributed by atoms with Gasteiger partial charge in [-0.2, -0.15) is 5.10 Å². The van der Waals surface area contributed by atoms with Crippen LogP contribution in [0.25, 0.3) is 0 Å². The predicted octanol–water partition coefficient (Wildman–Crippen LogP) is 0.190. The quantitative estimate of drug-likeness (QED) is 0.818. The van der Waals surface area contributed by atoms with Crippen molar-refractivity contribution in [1.29, 1.82) is 0 Å². The van der Waals surface area contributed by atoms with E-state index in [0.29, 0.717) is 5.69 Å². The molecule has 1 unspecified atom stereocenters. The van der Waals surface area contributed by atoms with Crippen molar-refractivity contribution >= 4 is 27.4 Å². The lowest BCUT2D eigenvalue weighted by molar-refractivity contribution is -0.120. The van der Waals surface area contributed by atoms with Crippen LogP contribution < -0.4 is 5.32 Å². The fourth-order valence-corrected chi connectivity index (χ4v) is 5.65. The Morgan fingerprint density at radius 2 is 2.05 bits per heavy atom. The summed E-state index contributed by atoms with van der Waals surface area (Å²) < 4.78 is 25.0. The number of anilines is 1. The van der Waals surface area contributed by atoms with Crippen LogP contribution in [0.15, 0.2) is 0 Å². The van der Waals surface area contributed by atoms with Gasteiger partial charge in [0.05, 0.1) is 28.8 Å². The third-order valence-corrected chi connectivity index (χ3v) is 6.52. The number of carboxylic acids is 1. The summed E-state index contributed by atoms with van der Waals surface area (Å²) in [5.41, 5.74) is -0.0295. The van der Waals surface area contributed by atoms with Crippen molar-refractivity contribution in [3.8, 4) is 0 Å². The lowest BCUT2D eigenvalue weighted by Gasteiger charge is -2.16. The number of sulfone groups is 1. The number of amides is 1. The number of carboxylic acid groups (broad SMARTS) is 1. The van der Waals surface area contributed by atoms with Gasteiger partial charge in [0.25, 0.3) is 0 Å². The lowest BCUT2D eigenvalue weighted by atomic mass is 9.92. The highest BCUT2D eigenvalue weighted by Gasteiger charge is 2.60. The molecule has 0 radical (unpaired) electrons. The van der Waals surface area contributed by atoms with Gasteiger partial charge in [-0.1, -0.05) is 0 Å². The van der Waals surface area contributed by atoms with Gasteiger partial charge in [0.1, 0.15) is 0 Å². The first-order valence-corrected chi connectivity index (χ1v) is 8.75. The molecule has 1 atom stereocenters. The van der Waals surface area contributed by atoms with E-state index in [1.165, 1.54) is 4.68 Å². The summed E-state index contributed by atoms with van der Waals surface area (Å²) in [7, 11) is -1.62. The monoisotopic (exact) mass is 327 g/mol. The molecule has 8 nitrogen and oxygen atoms in total. The van der Waals surface area contributed by atoms with Gasteiger partial charge in [-0.05, 0) is 25.2 Å². The second-order valence-electron chi connectivity index (χ2n) is 6.20. The van der Waals surface area contributed by atoms with Gasteiger partial charge in [-0.3, -0.25) is 9.48 Å². The summed E-state index contributed by atoms with van der Waals surface area (Å²) in [6.45, 7) is 1.65. The summed E-state index contributed by atoms with van der Waals surface area (Å²) in [5.74, 6) is -2.40. The first-order chi connectivity index (χ1) is 10.2. The van der Waals surface area contributed by atoms with E-state index in [0.717, 1.165) is 12.8 Å². The number of aromatic carboxylic acids is 1. The van der Waals surface area contributed by atoms with E-state index in [-0.39, 0.29) is 22.9 Å². The zero-order valence-corrected chi connectivity index (χ0v) is 13.1. The molecule has 9 heteroatoms. The first-order valence-electron chi connectivity index (χ1n) is 6.93. The van der Waals surface area contributed by atoms with E-state index < -0.39 is 33.0 Å². The molecule has 1 aromatic heterocycles. The van der Waals surface area contributed by atoms with Crippen LogP contribution in [0.1, 0.15) is 29.0 Å². The van der Waals surface area contributed by atoms with Gasteiger partial charge < -0.3 is 10.4 Å². The van der Waals surface area contributed by atoms with Gasteiger partial charge >= 0.3 is 5.97 Å². The zero-order chi connectivity index (χ0) is 16.3. The molecule has 2 fully saturated rings. The van der Waals surface area contributed by atoms with Crippen LogP contribution in [0.5, 0.6) is 0 Å². The van der Waals surface area contributed by atoms with E-state index in [9.17, 15) is 18.0 Å². The highest BCUT2D eigenvalue weighted by molar-refractivity contribution is 7.91. The Morgan fingerprint density at radius 1 is 1.41 bits per heavy atom. The van der Waals surface area contributed by atoms with Crippen LogP contribution in [0.2, 0.25) is 0 Å². The predicted molar refractivity (Wildman–Crippen MR) is 77.3 cm³/mol. The summed E-state index contributed by atoms with van der Waals surface area (Å²) in [6.07, 6.45) is 1.45. The number of hydrogen-bond donors (Lipinski definition) is 2. The minimum atomic E-state index is -3.21. The maximum absolute atomic E-state index is 12.5. The maximum Gasteiger partial charge on any atom is 0.358 e. The number of rotatable bonds is 3. The van der Waals surface area contributed by atoms with Crippen molar-refractivity contribution in [2.24, 2.45) is 18.4 Å². The summed E-state index contributed by atoms with van der Waals surface area (Å²) in [4.78, 5) is 23.7. The Bertz CT molecular complexity index is 776. The average Bonchev–Trinajstić information content (AvgIpc) is 3.03. The highest BCUT2D eigenvalue weighted by atomic mass is 32.2. The van der Waals surface area contributed by atoms with Gasteiger partial charge in [0.15, 0.2) is 15.5 Å². The average molecular weight is 327 g/mol. The number of carbonyl (C=O) groups excluding carboxylic acids is 1. The van der Waals surface area contributed by atoms with Crippen molar-refractivity contribution in [2.75, 3.05) is 16.8 Å². The van der Waals surface area contributed by atoms with E-state index >= 15 is 0 Å². The smallest absolute Gasteiger partial charge is 0.358 e. The molecule has 1 aliphatic heterocycles. The second-order valence-corrected chi connectivity index (χ2v) is 8.31. The third-order valence-electron chi connectivity index (χ3n) is 4.66. The minimum Gasteiger partial charge on any atom is -0.476 e. The molecular weight excluding hydrogens is 310 g/mol. The molecule has 1 saturated carbocycles. The van der Waals surface area contributed by atoms with E-state index in [1.54, 1.807) is 14.0 Å². The molecule has 1 spiro atoms. The van der Waals surface area contributed by atoms with Crippen molar-refractivity contribution in [3.63, 3.8) is 0 Å². The number of nitrogens with zero attached hydrogens (tertiary/aromatic N) is 2. The molecule has 2 N–H and O–H groups in total. The first kappa shape index (κ1) is 15.0. The van der Waals surface area contributed by atoms with E-state index in [2.05, 4.69) is 10.4 Å². The molecule has 2 heterocycles. The number of nitrogens with one attached hydrogen (secondary N) is 1. The largest absolute Gasteiger partial charge is 0.476 e. The van der Waals surface area contributed by atoms with Crippen molar-refractivity contribution < 1.29 is 23.1 Å². The summed E-state index contributed by atoms with van der Waals surface area (Å²) in [6, 6.07) is 0. The minimum absolute atomic E-state index is 0.0515. The van der Waals surface area contributed by atoms with Gasteiger partial charge in [-0.15, -0.1) is 0 Å². The summed E-state index contributed by atoms with van der Waals surface area (Å²) in [5, 5.41) is 15.6. The lowest BCUT2D eigenvalue weighted by Crippen LogP contribution is -2.30. The van der Waals surface area contributed by atoms with Crippen LogP contribution in [-0.4, -0.2) is 46.7 Å². The Hall–Kier alpha value is -1.90. The Balaban J connectivity index is 1.88.